The zero-order valence-electron chi connectivity index (χ0n) is 21.5. The van der Waals surface area contributed by atoms with Crippen LogP contribution in [0, 0.1) is 5.92 Å². The Balaban J connectivity index is 1.24. The molecule has 2 aromatic heterocycles. The second-order valence-electron chi connectivity index (χ2n) is 10.1. The molecule has 11 heteroatoms. The molecule has 1 aliphatic carbocycles. The van der Waals surface area contributed by atoms with Gasteiger partial charge in [0.05, 0.1) is 23.2 Å². The van der Waals surface area contributed by atoms with Crippen molar-refractivity contribution in [3.8, 4) is 11.3 Å². The number of carbonyl (C=O) groups excluding carboxylic acids is 1. The number of alkyl halides is 3. The van der Waals surface area contributed by atoms with Crippen molar-refractivity contribution in [3.05, 3.63) is 65.9 Å². The van der Waals surface area contributed by atoms with Crippen LogP contribution in [0.4, 0.5) is 24.9 Å². The van der Waals surface area contributed by atoms with Gasteiger partial charge >= 0.3 is 6.18 Å². The summed E-state index contributed by atoms with van der Waals surface area (Å²) in [7, 11) is 1.75. The highest BCUT2D eigenvalue weighted by Crippen LogP contribution is 2.30. The lowest BCUT2D eigenvalue weighted by atomic mass is 9.86. The molecule has 8 nitrogen and oxygen atoms in total. The Hall–Kier alpha value is -3.99. The van der Waals surface area contributed by atoms with Gasteiger partial charge < -0.3 is 16.4 Å². The SMILES string of the molecule is Cn1nc(NC(=O)Cc2cccc(C(F)(F)F)c2)cc1-c1ccc2nc(NCC3CCC(N)CC3)ncc2c1. The number of anilines is 2. The third kappa shape index (κ3) is 6.54. The number of aromatic nitrogens is 4. The number of carbonyl (C=O) groups is 1. The first-order chi connectivity index (χ1) is 18.6. The van der Waals surface area contributed by atoms with Gasteiger partial charge in [0.25, 0.3) is 0 Å². The lowest BCUT2D eigenvalue weighted by Gasteiger charge is -2.26. The number of hydrogen-bond acceptors (Lipinski definition) is 6. The first kappa shape index (κ1) is 26.6. The van der Waals surface area contributed by atoms with E-state index in [0.717, 1.165) is 66.5 Å². The van der Waals surface area contributed by atoms with Crippen molar-refractivity contribution in [3.63, 3.8) is 0 Å². The highest BCUT2D eigenvalue weighted by atomic mass is 19.4. The summed E-state index contributed by atoms with van der Waals surface area (Å²) in [5.74, 6) is 1.03. The van der Waals surface area contributed by atoms with Gasteiger partial charge in [-0.15, -0.1) is 0 Å². The van der Waals surface area contributed by atoms with Crippen LogP contribution in [0.3, 0.4) is 0 Å². The van der Waals surface area contributed by atoms with E-state index in [4.69, 9.17) is 5.73 Å². The number of nitrogens with two attached hydrogens (primary N) is 1. The second kappa shape index (κ2) is 11.0. The number of hydrogen-bond donors (Lipinski definition) is 3. The predicted molar refractivity (Wildman–Crippen MR) is 144 cm³/mol. The van der Waals surface area contributed by atoms with Crippen LogP contribution in [0.5, 0.6) is 0 Å². The maximum atomic E-state index is 13.0. The molecule has 4 N–H and O–H groups in total. The van der Waals surface area contributed by atoms with Gasteiger partial charge in [0.15, 0.2) is 5.82 Å². The summed E-state index contributed by atoms with van der Waals surface area (Å²) in [4.78, 5) is 21.6. The molecule has 0 saturated heterocycles. The summed E-state index contributed by atoms with van der Waals surface area (Å²) in [6.45, 7) is 0.827. The summed E-state index contributed by atoms with van der Waals surface area (Å²) in [5, 5.41) is 11.2. The smallest absolute Gasteiger partial charge is 0.354 e. The van der Waals surface area contributed by atoms with Gasteiger partial charge in [-0.1, -0.05) is 24.3 Å². The van der Waals surface area contributed by atoms with Gasteiger partial charge in [0.2, 0.25) is 11.9 Å². The van der Waals surface area contributed by atoms with Crippen molar-refractivity contribution in [2.45, 2.75) is 44.3 Å². The number of rotatable bonds is 7. The predicted octanol–water partition coefficient (Wildman–Crippen LogP) is 5.16. The number of amides is 1. The van der Waals surface area contributed by atoms with Crippen LogP contribution < -0.4 is 16.4 Å². The molecular formula is C28H30F3N7O. The maximum Gasteiger partial charge on any atom is 0.416 e. The molecule has 204 valence electrons. The monoisotopic (exact) mass is 537 g/mol. The van der Waals surface area contributed by atoms with Crippen molar-refractivity contribution >= 4 is 28.6 Å². The van der Waals surface area contributed by atoms with Crippen LogP contribution in [0.2, 0.25) is 0 Å². The van der Waals surface area contributed by atoms with Crippen LogP contribution in [0.1, 0.15) is 36.8 Å². The molecule has 0 spiro atoms. The molecule has 39 heavy (non-hydrogen) atoms. The minimum Gasteiger partial charge on any atom is -0.354 e. The number of fused-ring (bicyclic) bond motifs is 1. The van der Waals surface area contributed by atoms with E-state index in [9.17, 15) is 18.0 Å². The molecule has 2 heterocycles. The standard InChI is InChI=1S/C28H30F3N7O/c1-38-24(14-25(37-38)36-26(39)12-18-3-2-4-21(11-18)28(29,30)31)19-7-10-23-20(13-19)16-34-27(35-23)33-15-17-5-8-22(32)9-6-17/h2-4,7,10-11,13-14,16-17,22H,5-6,8-9,12,15,32H2,1H3,(H,33,34,35)(H,36,37,39). The fraction of sp³-hybridized carbons (Fsp3) is 0.357. The van der Waals surface area contributed by atoms with Gasteiger partial charge in [0.1, 0.15) is 0 Å². The van der Waals surface area contributed by atoms with Crippen molar-refractivity contribution in [1.29, 1.82) is 0 Å². The molecule has 0 unspecified atom stereocenters. The average molecular weight is 538 g/mol. The zero-order chi connectivity index (χ0) is 27.6. The van der Waals surface area contributed by atoms with Crippen LogP contribution >= 0.6 is 0 Å². The summed E-state index contributed by atoms with van der Waals surface area (Å²) >= 11 is 0. The Morgan fingerprint density at radius 1 is 1.10 bits per heavy atom. The Morgan fingerprint density at radius 2 is 1.90 bits per heavy atom. The Kier molecular flexibility index (Phi) is 7.51. The van der Waals surface area contributed by atoms with Gasteiger partial charge in [-0.25, -0.2) is 9.97 Å². The topological polar surface area (TPSA) is 111 Å². The summed E-state index contributed by atoms with van der Waals surface area (Å²) < 4.78 is 40.5. The Bertz CT molecular complexity index is 1480. The molecular weight excluding hydrogens is 507 g/mol. The Labute approximate surface area is 223 Å². The van der Waals surface area contributed by atoms with E-state index in [1.807, 2.05) is 18.2 Å². The van der Waals surface area contributed by atoms with Crippen molar-refractivity contribution in [2.24, 2.45) is 18.7 Å². The minimum atomic E-state index is -4.46. The fourth-order valence-corrected chi connectivity index (χ4v) is 4.93. The van der Waals surface area contributed by atoms with E-state index < -0.39 is 17.6 Å². The zero-order valence-corrected chi connectivity index (χ0v) is 21.5. The van der Waals surface area contributed by atoms with Gasteiger partial charge in [-0.2, -0.15) is 18.3 Å². The normalized spacial score (nSPS) is 17.8. The largest absolute Gasteiger partial charge is 0.416 e. The highest BCUT2D eigenvalue weighted by Gasteiger charge is 2.30. The summed E-state index contributed by atoms with van der Waals surface area (Å²) in [6.07, 6.45) is 1.46. The molecule has 5 rings (SSSR count). The molecule has 2 aromatic carbocycles. The molecule has 0 atom stereocenters. The van der Waals surface area contributed by atoms with E-state index in [0.29, 0.717) is 23.7 Å². The Morgan fingerprint density at radius 3 is 2.67 bits per heavy atom. The van der Waals surface area contributed by atoms with E-state index in [2.05, 4.69) is 25.7 Å². The van der Waals surface area contributed by atoms with Crippen molar-refractivity contribution in [1.82, 2.24) is 19.7 Å². The average Bonchev–Trinajstić information content (AvgIpc) is 3.27. The lowest BCUT2D eigenvalue weighted by Crippen LogP contribution is -2.29. The molecule has 4 aromatic rings. The fourth-order valence-electron chi connectivity index (χ4n) is 4.93. The molecule has 1 fully saturated rings. The molecule has 0 bridgehead atoms. The first-order valence-corrected chi connectivity index (χ1v) is 12.9. The maximum absolute atomic E-state index is 13.0. The second-order valence-corrected chi connectivity index (χ2v) is 10.1. The molecule has 1 amide bonds. The van der Waals surface area contributed by atoms with Gasteiger partial charge in [-0.3, -0.25) is 9.48 Å². The lowest BCUT2D eigenvalue weighted by molar-refractivity contribution is -0.137. The number of benzene rings is 2. The third-order valence-corrected chi connectivity index (χ3v) is 7.08. The molecule has 0 radical (unpaired) electrons. The minimum absolute atomic E-state index is 0.201. The number of nitrogens with one attached hydrogen (secondary N) is 2. The van der Waals surface area contributed by atoms with E-state index in [-0.39, 0.29) is 12.0 Å². The summed E-state index contributed by atoms with van der Waals surface area (Å²) in [6, 6.07) is 12.6. The molecule has 1 aliphatic rings. The third-order valence-electron chi connectivity index (χ3n) is 7.08. The van der Waals surface area contributed by atoms with Crippen LogP contribution in [-0.2, 0) is 24.4 Å². The van der Waals surface area contributed by atoms with Crippen LogP contribution in [0.25, 0.3) is 22.2 Å². The van der Waals surface area contributed by atoms with Gasteiger partial charge in [-0.05, 0) is 55.4 Å². The molecule has 1 saturated carbocycles. The van der Waals surface area contributed by atoms with Crippen LogP contribution in [-0.4, -0.2) is 38.2 Å². The summed E-state index contributed by atoms with van der Waals surface area (Å²) in [5.41, 5.74) is 7.90. The quantitative estimate of drug-likeness (QED) is 0.300. The highest BCUT2D eigenvalue weighted by molar-refractivity contribution is 5.92. The number of nitrogens with zero attached hydrogens (tertiary/aromatic N) is 4. The van der Waals surface area contributed by atoms with Crippen molar-refractivity contribution < 1.29 is 18.0 Å². The van der Waals surface area contributed by atoms with Gasteiger partial charge in [0, 0.05) is 42.8 Å². The van der Waals surface area contributed by atoms with Crippen LogP contribution in [0.15, 0.2) is 54.7 Å². The molecule has 0 aliphatic heterocycles. The number of aryl methyl sites for hydroxylation is 1. The van der Waals surface area contributed by atoms with Crippen molar-refractivity contribution in [2.75, 3.05) is 17.2 Å². The number of halogens is 3. The van der Waals surface area contributed by atoms with E-state index >= 15 is 0 Å². The first-order valence-electron chi connectivity index (χ1n) is 12.9. The van der Waals surface area contributed by atoms with E-state index in [1.165, 1.54) is 12.1 Å². The van der Waals surface area contributed by atoms with E-state index in [1.54, 1.807) is 24.0 Å².